The first-order valence-electron chi connectivity index (χ1n) is 9.11. The highest BCUT2D eigenvalue weighted by atomic mass is 32.2. The summed E-state index contributed by atoms with van der Waals surface area (Å²) in [5, 5.41) is 14.1. The van der Waals surface area contributed by atoms with E-state index in [1.165, 1.54) is 23.1 Å². The number of nitrogens with one attached hydrogen (secondary N) is 1. The number of fused-ring (bicyclic) bond motifs is 1. The second kappa shape index (κ2) is 8.87. The number of anilines is 1. The number of aryl methyl sites for hydroxylation is 1. The van der Waals surface area contributed by atoms with E-state index < -0.39 is 0 Å². The molecule has 1 unspecified atom stereocenters. The topological polar surface area (TPSA) is 77.0 Å². The van der Waals surface area contributed by atoms with Gasteiger partial charge >= 0.3 is 0 Å². The number of aromatic nitrogens is 3. The van der Waals surface area contributed by atoms with E-state index in [4.69, 9.17) is 9.72 Å². The molecule has 28 heavy (non-hydrogen) atoms. The summed E-state index contributed by atoms with van der Waals surface area (Å²) < 4.78 is 5.43. The number of amides is 1. The molecule has 8 heteroatoms. The fourth-order valence-electron chi connectivity index (χ4n) is 2.76. The molecule has 0 aliphatic heterocycles. The minimum atomic E-state index is -0.323. The average molecular weight is 417 g/mol. The molecule has 2 heterocycles. The minimum absolute atomic E-state index is 0.114. The van der Waals surface area contributed by atoms with Crippen LogP contribution in [0, 0.1) is 12.8 Å². The van der Waals surface area contributed by atoms with Crippen molar-refractivity contribution in [1.82, 2.24) is 15.2 Å². The fraction of sp³-hybridized carbons (Fsp3) is 0.400. The maximum Gasteiger partial charge on any atom is 0.239 e. The van der Waals surface area contributed by atoms with Gasteiger partial charge in [0, 0.05) is 11.8 Å². The van der Waals surface area contributed by atoms with Gasteiger partial charge in [0.25, 0.3) is 0 Å². The molecule has 1 aromatic carbocycles. The smallest absolute Gasteiger partial charge is 0.239 e. The molecule has 2 aromatic heterocycles. The zero-order valence-corrected chi connectivity index (χ0v) is 18.3. The number of nitrogens with zero attached hydrogens (tertiary/aromatic N) is 3. The van der Waals surface area contributed by atoms with Crippen LogP contribution < -0.4 is 10.1 Å². The van der Waals surface area contributed by atoms with Crippen molar-refractivity contribution in [2.24, 2.45) is 5.92 Å². The SMILES string of the molecule is COc1cccc2c(C)cc(SC(C)C(=O)Nc3nnc(CC(C)C)s3)nc12. The van der Waals surface area contributed by atoms with Crippen molar-refractivity contribution in [3.8, 4) is 5.75 Å². The van der Waals surface area contributed by atoms with Crippen molar-refractivity contribution < 1.29 is 9.53 Å². The lowest BCUT2D eigenvalue weighted by Gasteiger charge is -2.12. The highest BCUT2D eigenvalue weighted by molar-refractivity contribution is 8.00. The number of ether oxygens (including phenoxy) is 1. The first kappa shape index (κ1) is 20.5. The van der Waals surface area contributed by atoms with Crippen LogP contribution in [0.15, 0.2) is 29.3 Å². The third kappa shape index (κ3) is 4.80. The van der Waals surface area contributed by atoms with Gasteiger partial charge in [-0.3, -0.25) is 10.1 Å². The Hall–Kier alpha value is -2.19. The van der Waals surface area contributed by atoms with Crippen molar-refractivity contribution in [1.29, 1.82) is 0 Å². The van der Waals surface area contributed by atoms with Crippen LogP contribution in [0.1, 0.15) is 31.3 Å². The molecule has 148 valence electrons. The molecule has 0 bridgehead atoms. The molecule has 6 nitrogen and oxygen atoms in total. The first-order valence-corrected chi connectivity index (χ1v) is 10.8. The van der Waals surface area contributed by atoms with Gasteiger partial charge in [-0.25, -0.2) is 4.98 Å². The molecule has 0 radical (unpaired) electrons. The van der Waals surface area contributed by atoms with E-state index in [0.29, 0.717) is 11.0 Å². The van der Waals surface area contributed by atoms with Gasteiger partial charge in [-0.1, -0.05) is 49.1 Å². The number of hydrogen-bond acceptors (Lipinski definition) is 7. The summed E-state index contributed by atoms with van der Waals surface area (Å²) in [6.07, 6.45) is 0.861. The summed E-state index contributed by atoms with van der Waals surface area (Å²) >= 11 is 2.84. The maximum atomic E-state index is 12.6. The summed E-state index contributed by atoms with van der Waals surface area (Å²) in [5.41, 5.74) is 1.91. The Morgan fingerprint density at radius 1 is 1.29 bits per heavy atom. The van der Waals surface area contributed by atoms with Crippen LogP contribution in [-0.2, 0) is 11.2 Å². The summed E-state index contributed by atoms with van der Waals surface area (Å²) in [6, 6.07) is 7.87. The number of para-hydroxylation sites is 1. The summed E-state index contributed by atoms with van der Waals surface area (Å²) in [7, 11) is 1.64. The molecule has 0 saturated carbocycles. The summed E-state index contributed by atoms with van der Waals surface area (Å²) in [4.78, 5) is 17.3. The average Bonchev–Trinajstić information content (AvgIpc) is 3.07. The molecule has 3 aromatic rings. The minimum Gasteiger partial charge on any atom is -0.494 e. The van der Waals surface area contributed by atoms with Gasteiger partial charge in [0.15, 0.2) is 0 Å². The third-order valence-corrected chi connectivity index (χ3v) is 6.03. The van der Waals surface area contributed by atoms with Gasteiger partial charge in [-0.15, -0.1) is 10.2 Å². The second-order valence-corrected chi connectivity index (χ2v) is 9.41. The lowest BCUT2D eigenvalue weighted by atomic mass is 10.1. The van der Waals surface area contributed by atoms with Gasteiger partial charge in [-0.2, -0.15) is 0 Å². The van der Waals surface area contributed by atoms with E-state index in [2.05, 4.69) is 29.4 Å². The number of pyridine rings is 1. The van der Waals surface area contributed by atoms with E-state index in [1.54, 1.807) is 7.11 Å². The van der Waals surface area contributed by atoms with Crippen molar-refractivity contribution >= 4 is 45.0 Å². The van der Waals surface area contributed by atoms with Gasteiger partial charge < -0.3 is 4.74 Å². The number of carbonyl (C=O) groups excluding carboxylic acids is 1. The van der Waals surface area contributed by atoms with Gasteiger partial charge in [-0.05, 0) is 37.5 Å². The van der Waals surface area contributed by atoms with Gasteiger partial charge in [0.1, 0.15) is 16.3 Å². The maximum absolute atomic E-state index is 12.6. The van der Waals surface area contributed by atoms with E-state index in [9.17, 15) is 4.79 Å². The summed E-state index contributed by atoms with van der Waals surface area (Å²) in [6.45, 7) is 8.16. The Bertz CT molecular complexity index is 987. The normalized spacial score (nSPS) is 12.4. The molecule has 0 aliphatic rings. The van der Waals surface area contributed by atoms with Crippen LogP contribution in [0.3, 0.4) is 0 Å². The van der Waals surface area contributed by atoms with Crippen molar-refractivity contribution in [2.45, 2.75) is 44.4 Å². The lowest BCUT2D eigenvalue weighted by molar-refractivity contribution is -0.115. The Balaban J connectivity index is 1.72. The molecule has 0 spiro atoms. The second-order valence-electron chi connectivity index (χ2n) is 6.98. The zero-order chi connectivity index (χ0) is 20.3. The third-order valence-electron chi connectivity index (χ3n) is 4.15. The molecule has 3 rings (SSSR count). The highest BCUT2D eigenvalue weighted by Crippen LogP contribution is 2.31. The Morgan fingerprint density at radius 3 is 2.79 bits per heavy atom. The molecular weight excluding hydrogens is 392 g/mol. The number of hydrogen-bond donors (Lipinski definition) is 1. The van der Waals surface area contributed by atoms with Crippen molar-refractivity contribution in [3.05, 3.63) is 34.8 Å². The van der Waals surface area contributed by atoms with Crippen LogP contribution in [0.5, 0.6) is 5.75 Å². The number of rotatable bonds is 7. The van der Waals surface area contributed by atoms with Crippen LogP contribution >= 0.6 is 23.1 Å². The predicted molar refractivity (Wildman–Crippen MR) is 115 cm³/mol. The van der Waals surface area contributed by atoms with E-state index >= 15 is 0 Å². The van der Waals surface area contributed by atoms with Crippen molar-refractivity contribution in [2.75, 3.05) is 12.4 Å². The molecule has 1 N–H and O–H groups in total. The van der Waals surface area contributed by atoms with Crippen LogP contribution in [0.4, 0.5) is 5.13 Å². The molecule has 0 aliphatic carbocycles. The Morgan fingerprint density at radius 2 is 2.07 bits per heavy atom. The van der Waals surface area contributed by atoms with Gasteiger partial charge in [0.2, 0.25) is 11.0 Å². The lowest BCUT2D eigenvalue weighted by Crippen LogP contribution is -2.22. The Labute approximate surface area is 173 Å². The molecule has 1 atom stereocenters. The monoisotopic (exact) mass is 416 g/mol. The van der Waals surface area contributed by atoms with Crippen molar-refractivity contribution in [3.63, 3.8) is 0 Å². The Kier molecular flexibility index (Phi) is 6.51. The van der Waals surface area contributed by atoms with E-state index in [-0.39, 0.29) is 11.2 Å². The molecule has 1 amide bonds. The van der Waals surface area contributed by atoms with Crippen LogP contribution in [0.25, 0.3) is 10.9 Å². The zero-order valence-electron chi connectivity index (χ0n) is 16.6. The van der Waals surface area contributed by atoms with Crippen LogP contribution in [0.2, 0.25) is 0 Å². The highest BCUT2D eigenvalue weighted by Gasteiger charge is 2.18. The largest absolute Gasteiger partial charge is 0.494 e. The number of benzene rings is 1. The molecule has 0 saturated heterocycles. The number of thioether (sulfide) groups is 1. The first-order chi connectivity index (χ1) is 13.4. The standard InChI is InChI=1S/C20H24N4O2S2/c1-11(2)9-17-23-24-20(28-17)22-19(25)13(4)27-16-10-12(3)14-7-6-8-15(26-5)18(14)21-16/h6-8,10-11,13H,9H2,1-5H3,(H,22,24,25). The molecular formula is C20H24N4O2S2. The quantitative estimate of drug-likeness (QED) is 0.562. The summed E-state index contributed by atoms with van der Waals surface area (Å²) in [5.74, 6) is 1.12. The number of carbonyl (C=O) groups is 1. The van der Waals surface area contributed by atoms with Crippen LogP contribution in [-0.4, -0.2) is 33.4 Å². The van der Waals surface area contributed by atoms with E-state index in [0.717, 1.165) is 38.7 Å². The fourth-order valence-corrected chi connectivity index (χ4v) is 4.64. The predicted octanol–water partition coefficient (Wildman–Crippen LogP) is 4.72. The van der Waals surface area contributed by atoms with Gasteiger partial charge in [0.05, 0.1) is 17.4 Å². The number of methoxy groups -OCH3 is 1. The van der Waals surface area contributed by atoms with E-state index in [1.807, 2.05) is 38.1 Å². The molecule has 0 fully saturated rings.